The SMILES string of the molecule is Cc1ccc2c(c1-c1ccccc1)C=C(CC(C)C)[CH]2[Zr]([Cl])([Cl])([c]1cccc2c1[SiH2]c1ccccc1-2)[CH]1C(CC(C)C)=Cc2c1ccc(C)c2-c1ccccc1. The zero-order chi connectivity index (χ0) is 39.0. The maximum atomic E-state index is 9.36. The van der Waals surface area contributed by atoms with E-state index in [-0.39, 0.29) is 7.25 Å². The van der Waals surface area contributed by atoms with Gasteiger partial charge in [-0.15, -0.1) is 0 Å². The van der Waals surface area contributed by atoms with Crippen LogP contribution < -0.4 is 13.6 Å². The van der Waals surface area contributed by atoms with Gasteiger partial charge in [0.2, 0.25) is 0 Å². The summed E-state index contributed by atoms with van der Waals surface area (Å²) in [5.74, 6) is 0.890. The Hall–Kier alpha value is -3.52. The first-order chi connectivity index (χ1) is 26.9. The van der Waals surface area contributed by atoms with E-state index < -0.39 is 25.9 Å². The molecule has 0 nitrogen and oxygen atoms in total. The Labute approximate surface area is 344 Å². The third-order valence-corrected chi connectivity index (χ3v) is 35.6. The predicted molar refractivity (Wildman–Crippen MR) is 245 cm³/mol. The van der Waals surface area contributed by atoms with Crippen molar-refractivity contribution in [3.63, 3.8) is 0 Å². The Bertz CT molecular complexity index is 2450. The fourth-order valence-corrected chi connectivity index (χ4v) is 38.7. The molecule has 2 aliphatic carbocycles. The first-order valence-electron chi connectivity index (χ1n) is 20.5. The van der Waals surface area contributed by atoms with Gasteiger partial charge in [0.05, 0.1) is 0 Å². The second kappa shape index (κ2) is 14.4. The van der Waals surface area contributed by atoms with Crippen LogP contribution in [0.25, 0.3) is 45.5 Å². The van der Waals surface area contributed by atoms with Crippen LogP contribution in [0.1, 0.15) is 81.2 Å². The summed E-state index contributed by atoms with van der Waals surface area (Å²) in [4.78, 5) is 0. The topological polar surface area (TPSA) is 0 Å². The monoisotopic (exact) mass is 863 g/mol. The van der Waals surface area contributed by atoms with E-state index in [1.54, 1.807) is 0 Å². The number of benzene rings is 6. The summed E-state index contributed by atoms with van der Waals surface area (Å²) >= 11 is -5.63. The van der Waals surface area contributed by atoms with Gasteiger partial charge in [0.1, 0.15) is 0 Å². The quantitative estimate of drug-likeness (QED) is 0.127. The number of hydrogen-bond donors (Lipinski definition) is 0. The number of hydrogen-bond acceptors (Lipinski definition) is 0. The molecule has 2 atom stereocenters. The molecule has 0 amide bonds. The molecular weight excluding hydrogens is 815 g/mol. The van der Waals surface area contributed by atoms with Crippen molar-refractivity contribution in [2.45, 2.75) is 61.6 Å². The van der Waals surface area contributed by atoms with Crippen LogP contribution in [0.4, 0.5) is 0 Å². The summed E-state index contributed by atoms with van der Waals surface area (Å²) in [7, 11) is 17.9. The van der Waals surface area contributed by atoms with Gasteiger partial charge in [0.15, 0.2) is 0 Å². The predicted octanol–water partition coefficient (Wildman–Crippen LogP) is 12.7. The number of halogens is 2. The van der Waals surface area contributed by atoms with Gasteiger partial charge in [0, 0.05) is 0 Å². The van der Waals surface area contributed by atoms with Crippen molar-refractivity contribution in [1.82, 2.24) is 0 Å². The van der Waals surface area contributed by atoms with E-state index in [4.69, 9.17) is 0 Å². The van der Waals surface area contributed by atoms with Gasteiger partial charge >= 0.3 is 348 Å². The Kier molecular flexibility index (Phi) is 9.77. The average Bonchev–Trinajstić information content (AvgIpc) is 3.86. The van der Waals surface area contributed by atoms with E-state index in [0.29, 0.717) is 11.8 Å². The molecule has 0 radical (unpaired) electrons. The molecule has 281 valence electrons. The molecule has 9 rings (SSSR count). The Balaban J connectivity index is 1.40. The molecule has 0 fully saturated rings. The molecule has 2 unspecified atom stereocenters. The average molecular weight is 866 g/mol. The molecule has 6 aromatic rings. The zero-order valence-corrected chi connectivity index (χ0v) is 38.8. The van der Waals surface area contributed by atoms with E-state index in [9.17, 15) is 17.0 Å². The van der Waals surface area contributed by atoms with Crippen molar-refractivity contribution in [2.75, 3.05) is 0 Å². The first kappa shape index (κ1) is 38.0. The zero-order valence-electron chi connectivity index (χ0n) is 33.5. The molecule has 6 aromatic carbocycles. The van der Waals surface area contributed by atoms with Crippen molar-refractivity contribution in [3.8, 4) is 33.4 Å². The van der Waals surface area contributed by atoms with Crippen LogP contribution in [0.5, 0.6) is 0 Å². The molecule has 56 heavy (non-hydrogen) atoms. The van der Waals surface area contributed by atoms with Gasteiger partial charge in [-0.3, -0.25) is 0 Å². The normalized spacial score (nSPS) is 18.0. The van der Waals surface area contributed by atoms with Crippen LogP contribution in [0, 0.1) is 25.7 Å². The summed E-state index contributed by atoms with van der Waals surface area (Å²) in [6, 6.07) is 47.5. The second-order valence-electron chi connectivity index (χ2n) is 17.6. The van der Waals surface area contributed by atoms with E-state index in [1.807, 2.05) is 0 Å². The molecule has 0 N–H and O–H groups in total. The summed E-state index contributed by atoms with van der Waals surface area (Å²) < 4.78 is 1.13. The van der Waals surface area contributed by atoms with Gasteiger partial charge in [-0.05, 0) is 0 Å². The second-order valence-corrected chi connectivity index (χ2v) is 40.0. The van der Waals surface area contributed by atoms with Crippen LogP contribution in [0.2, 0.25) is 0 Å². The number of fused-ring (bicyclic) bond motifs is 5. The molecule has 0 spiro atoms. The molecular formula is C52H51Cl2SiZr. The van der Waals surface area contributed by atoms with Gasteiger partial charge in [-0.2, -0.15) is 0 Å². The maximum absolute atomic E-state index is 9.36. The van der Waals surface area contributed by atoms with Gasteiger partial charge < -0.3 is 0 Å². The molecule has 1 aliphatic heterocycles. The molecule has 0 aromatic heterocycles. The van der Waals surface area contributed by atoms with Crippen molar-refractivity contribution in [2.24, 2.45) is 11.8 Å². The molecule has 1 heterocycles. The van der Waals surface area contributed by atoms with Crippen LogP contribution >= 0.6 is 17.0 Å². The first-order valence-corrected chi connectivity index (χ1v) is 32.3. The van der Waals surface area contributed by atoms with Gasteiger partial charge in [0.25, 0.3) is 0 Å². The summed E-state index contributed by atoms with van der Waals surface area (Å²) in [6.07, 6.45) is 6.98. The van der Waals surface area contributed by atoms with Crippen LogP contribution in [0.3, 0.4) is 0 Å². The molecule has 0 saturated carbocycles. The fraction of sp³-hybridized carbons (Fsp3) is 0.231. The van der Waals surface area contributed by atoms with E-state index in [1.165, 1.54) is 91.6 Å². The molecule has 0 bridgehead atoms. The minimum atomic E-state index is -5.63. The third kappa shape index (κ3) is 6.00. The Morgan fingerprint density at radius 1 is 0.536 bits per heavy atom. The van der Waals surface area contributed by atoms with Gasteiger partial charge in [-0.1, -0.05) is 0 Å². The van der Waals surface area contributed by atoms with Crippen molar-refractivity contribution < 1.29 is 16.4 Å². The fourth-order valence-electron chi connectivity index (χ4n) is 10.8. The van der Waals surface area contributed by atoms with Crippen LogP contribution in [-0.2, 0) is 16.4 Å². The third-order valence-electron chi connectivity index (χ3n) is 12.8. The number of aryl methyl sites for hydroxylation is 2. The summed E-state index contributed by atoms with van der Waals surface area (Å²) in [6.45, 7) is 13.9. The molecule has 0 saturated heterocycles. The summed E-state index contributed by atoms with van der Waals surface area (Å²) in [5, 5.41) is 2.98. The Morgan fingerprint density at radius 3 is 1.50 bits per heavy atom. The van der Waals surface area contributed by atoms with Crippen molar-refractivity contribution in [3.05, 3.63) is 172 Å². The standard InChI is InChI=1S/2C20H21.C12H9Si.2ClH.Zr/c2*1-14(2)11-16-12-18-10-9-15(3)20(19(18)13-16)17-7-5-4-6-8-17;1-3-7-11-9(5-1)10-6-2-4-8-12(10)13-11;;;/h2*4-10,12-14H,11H2,1-3H3;1-7H,13H2;2*1H;/q;;;;;+2/p-2. The van der Waals surface area contributed by atoms with E-state index in [2.05, 4.69) is 181 Å². The van der Waals surface area contributed by atoms with E-state index >= 15 is 0 Å². The summed E-state index contributed by atoms with van der Waals surface area (Å²) in [5.41, 5.74) is 18.5. The van der Waals surface area contributed by atoms with E-state index in [0.717, 1.165) is 12.8 Å². The van der Waals surface area contributed by atoms with Crippen LogP contribution in [-0.4, -0.2) is 9.52 Å². The number of rotatable bonds is 9. The van der Waals surface area contributed by atoms with Crippen molar-refractivity contribution >= 4 is 52.3 Å². The molecule has 3 aliphatic rings. The van der Waals surface area contributed by atoms with Crippen molar-refractivity contribution in [1.29, 1.82) is 0 Å². The molecule has 4 heteroatoms. The number of allylic oxidation sites excluding steroid dienone is 2. The van der Waals surface area contributed by atoms with Gasteiger partial charge in [-0.25, -0.2) is 0 Å². The Morgan fingerprint density at radius 2 is 1.00 bits per heavy atom. The van der Waals surface area contributed by atoms with Crippen LogP contribution in [0.15, 0.2) is 139 Å². The minimum absolute atomic E-state index is 0.0857.